The van der Waals surface area contributed by atoms with Crippen molar-refractivity contribution in [1.29, 1.82) is 0 Å². The molecule has 1 aliphatic rings. The molecule has 0 spiro atoms. The van der Waals surface area contributed by atoms with Crippen LogP contribution in [0.5, 0.6) is 11.5 Å². The Kier molecular flexibility index (Phi) is 6.06. The van der Waals surface area contributed by atoms with Crippen molar-refractivity contribution < 1.29 is 28.9 Å². The Morgan fingerprint density at radius 1 is 1.09 bits per heavy atom. The van der Waals surface area contributed by atoms with Crippen LogP contribution in [0.3, 0.4) is 0 Å². The predicted molar refractivity (Wildman–Crippen MR) is 120 cm³/mol. The fraction of sp³-hybridized carbons (Fsp3) is 0.292. The Morgan fingerprint density at radius 2 is 1.85 bits per heavy atom. The molecule has 9 heteroatoms. The molecule has 1 saturated heterocycles. The quantitative estimate of drug-likeness (QED) is 0.335. The molecule has 1 unspecified atom stereocenters. The van der Waals surface area contributed by atoms with Gasteiger partial charge in [0.25, 0.3) is 11.7 Å². The lowest BCUT2D eigenvalue weighted by molar-refractivity contribution is -0.140. The number of rotatable bonds is 7. The standard InChI is InChI=1S/C24H25N3O6/c1-14-20(26-10-6-5-7-18(26)25-14)22(28)19-21(27(11-12-31-2)24(30)23(19)29)15-8-9-16(32-3)17(13-15)33-4/h5-10,13,21,28H,11-12H2,1-4H3. The highest BCUT2D eigenvalue weighted by molar-refractivity contribution is 6.46. The van der Waals surface area contributed by atoms with E-state index in [-0.39, 0.29) is 24.5 Å². The number of pyridine rings is 1. The molecule has 3 aromatic rings. The summed E-state index contributed by atoms with van der Waals surface area (Å²) in [6.07, 6.45) is 1.75. The van der Waals surface area contributed by atoms with Crippen LogP contribution in [0.15, 0.2) is 48.2 Å². The first-order valence-electron chi connectivity index (χ1n) is 10.4. The maximum absolute atomic E-state index is 13.2. The molecule has 1 fully saturated rings. The summed E-state index contributed by atoms with van der Waals surface area (Å²) < 4.78 is 17.6. The molecule has 1 amide bonds. The number of aromatic nitrogens is 2. The van der Waals surface area contributed by atoms with Gasteiger partial charge in [-0.25, -0.2) is 4.98 Å². The number of nitrogens with zero attached hydrogens (tertiary/aromatic N) is 3. The van der Waals surface area contributed by atoms with E-state index in [9.17, 15) is 14.7 Å². The Morgan fingerprint density at radius 3 is 2.55 bits per heavy atom. The molecule has 0 bridgehead atoms. The molecule has 172 valence electrons. The van der Waals surface area contributed by atoms with E-state index in [1.807, 2.05) is 6.07 Å². The average molecular weight is 451 g/mol. The predicted octanol–water partition coefficient (Wildman–Crippen LogP) is 2.73. The van der Waals surface area contributed by atoms with Gasteiger partial charge in [-0.15, -0.1) is 0 Å². The molecule has 0 saturated carbocycles. The highest BCUT2D eigenvalue weighted by atomic mass is 16.5. The number of aryl methyl sites for hydroxylation is 1. The molecule has 4 rings (SSSR count). The van der Waals surface area contributed by atoms with Crippen molar-refractivity contribution in [2.24, 2.45) is 0 Å². The Hall–Kier alpha value is -3.85. The van der Waals surface area contributed by atoms with Crippen LogP contribution in [0.1, 0.15) is 23.0 Å². The van der Waals surface area contributed by atoms with Crippen LogP contribution in [0, 0.1) is 6.92 Å². The highest BCUT2D eigenvalue weighted by Gasteiger charge is 2.46. The van der Waals surface area contributed by atoms with Crippen molar-refractivity contribution in [3.63, 3.8) is 0 Å². The number of methoxy groups -OCH3 is 3. The van der Waals surface area contributed by atoms with E-state index in [0.29, 0.717) is 34.1 Å². The van der Waals surface area contributed by atoms with E-state index in [1.54, 1.807) is 47.9 Å². The lowest BCUT2D eigenvalue weighted by atomic mass is 9.96. The minimum absolute atomic E-state index is 0.0166. The number of ketones is 1. The van der Waals surface area contributed by atoms with Gasteiger partial charge in [0.05, 0.1) is 38.1 Å². The van der Waals surface area contributed by atoms with E-state index in [0.717, 1.165) is 0 Å². The second-order valence-electron chi connectivity index (χ2n) is 7.57. The Balaban J connectivity index is 1.95. The summed E-state index contributed by atoms with van der Waals surface area (Å²) in [6.45, 7) is 2.14. The number of fused-ring (bicyclic) bond motifs is 1. The maximum Gasteiger partial charge on any atom is 0.295 e. The number of aliphatic hydroxyl groups excluding tert-OH is 1. The summed E-state index contributed by atoms with van der Waals surface area (Å²) in [5.74, 6) is -0.816. The van der Waals surface area contributed by atoms with Crippen molar-refractivity contribution in [3.8, 4) is 11.5 Å². The summed E-state index contributed by atoms with van der Waals surface area (Å²) in [4.78, 5) is 32.1. The number of ether oxygens (including phenoxy) is 3. The third-order valence-corrected chi connectivity index (χ3v) is 5.73. The number of carbonyl (C=O) groups is 2. The minimum atomic E-state index is -0.839. The minimum Gasteiger partial charge on any atom is -0.505 e. The van der Waals surface area contributed by atoms with Crippen molar-refractivity contribution in [3.05, 3.63) is 65.1 Å². The smallest absolute Gasteiger partial charge is 0.295 e. The molecular weight excluding hydrogens is 426 g/mol. The molecular formula is C24H25N3O6. The summed E-state index contributed by atoms with van der Waals surface area (Å²) in [7, 11) is 4.55. The molecule has 3 heterocycles. The number of carbonyl (C=O) groups excluding carboxylic acids is 2. The number of Topliss-reactive ketones (excluding diaryl/α,β-unsaturated/α-hetero) is 1. The zero-order valence-electron chi connectivity index (χ0n) is 18.9. The lowest BCUT2D eigenvalue weighted by Gasteiger charge is -2.25. The first-order chi connectivity index (χ1) is 15.9. The normalized spacial score (nSPS) is 17.7. The van der Waals surface area contributed by atoms with Crippen molar-refractivity contribution in [1.82, 2.24) is 14.3 Å². The van der Waals surface area contributed by atoms with Gasteiger partial charge in [0, 0.05) is 19.9 Å². The second-order valence-corrected chi connectivity index (χ2v) is 7.57. The van der Waals surface area contributed by atoms with Crippen LogP contribution in [-0.2, 0) is 14.3 Å². The van der Waals surface area contributed by atoms with Gasteiger partial charge in [0.1, 0.15) is 11.3 Å². The van der Waals surface area contributed by atoms with Crippen molar-refractivity contribution in [2.75, 3.05) is 34.5 Å². The molecule has 1 N–H and O–H groups in total. The van der Waals surface area contributed by atoms with Crippen molar-refractivity contribution >= 4 is 23.1 Å². The maximum atomic E-state index is 13.2. The van der Waals surface area contributed by atoms with Crippen molar-refractivity contribution in [2.45, 2.75) is 13.0 Å². The molecule has 9 nitrogen and oxygen atoms in total. The third kappa shape index (κ3) is 3.70. The molecule has 1 aromatic carbocycles. The Bertz CT molecular complexity index is 1260. The van der Waals surface area contributed by atoms with Crippen LogP contribution < -0.4 is 9.47 Å². The first kappa shape index (κ1) is 22.3. The number of likely N-dealkylation sites (tertiary alicyclic amines) is 1. The molecule has 0 radical (unpaired) electrons. The Labute approximate surface area is 190 Å². The number of hydrogen-bond acceptors (Lipinski definition) is 7. The summed E-state index contributed by atoms with van der Waals surface area (Å²) in [6, 6.07) is 9.73. The van der Waals surface area contributed by atoms with Gasteiger partial charge in [-0.1, -0.05) is 12.1 Å². The fourth-order valence-electron chi connectivity index (χ4n) is 4.20. The van der Waals surface area contributed by atoms with E-state index in [1.165, 1.54) is 26.2 Å². The van der Waals surface area contributed by atoms with E-state index < -0.39 is 17.7 Å². The van der Waals surface area contributed by atoms with E-state index in [2.05, 4.69) is 4.98 Å². The van der Waals surface area contributed by atoms with Crippen LogP contribution in [0.25, 0.3) is 11.4 Å². The zero-order valence-corrected chi connectivity index (χ0v) is 18.9. The molecule has 33 heavy (non-hydrogen) atoms. The number of benzene rings is 1. The van der Waals surface area contributed by atoms with Crippen LogP contribution in [0.2, 0.25) is 0 Å². The highest BCUT2D eigenvalue weighted by Crippen LogP contribution is 2.42. The largest absolute Gasteiger partial charge is 0.505 e. The number of hydrogen-bond donors (Lipinski definition) is 1. The fourth-order valence-corrected chi connectivity index (χ4v) is 4.20. The summed E-state index contributed by atoms with van der Waals surface area (Å²) in [5.41, 5.74) is 2.09. The van der Waals surface area contributed by atoms with Gasteiger partial charge in [-0.05, 0) is 36.8 Å². The SMILES string of the molecule is COCCN1C(=O)C(=O)C(=C(O)c2c(C)nc3ccccn23)C1c1ccc(OC)c(OC)c1. The molecule has 2 aromatic heterocycles. The van der Waals surface area contributed by atoms with Gasteiger partial charge in [-0.2, -0.15) is 0 Å². The molecule has 0 aliphatic carbocycles. The van der Waals surface area contributed by atoms with Gasteiger partial charge in [0.15, 0.2) is 17.3 Å². The lowest BCUT2D eigenvalue weighted by Crippen LogP contribution is -2.32. The van der Waals surface area contributed by atoms with Gasteiger partial charge in [-0.3, -0.25) is 14.0 Å². The number of amides is 1. The van der Waals surface area contributed by atoms with E-state index in [4.69, 9.17) is 14.2 Å². The van der Waals surface area contributed by atoms with Gasteiger partial charge >= 0.3 is 0 Å². The summed E-state index contributed by atoms with van der Waals surface area (Å²) in [5, 5.41) is 11.4. The first-order valence-corrected chi connectivity index (χ1v) is 10.4. The third-order valence-electron chi connectivity index (χ3n) is 5.73. The number of aliphatic hydroxyl groups is 1. The van der Waals surface area contributed by atoms with E-state index >= 15 is 0 Å². The number of imidazole rings is 1. The average Bonchev–Trinajstić information content (AvgIpc) is 3.29. The van der Waals surface area contributed by atoms with Crippen LogP contribution in [-0.4, -0.2) is 65.6 Å². The second kappa shape index (κ2) is 8.95. The van der Waals surface area contributed by atoms with Crippen LogP contribution >= 0.6 is 0 Å². The zero-order chi connectivity index (χ0) is 23.7. The summed E-state index contributed by atoms with van der Waals surface area (Å²) >= 11 is 0. The van der Waals surface area contributed by atoms with Crippen LogP contribution in [0.4, 0.5) is 0 Å². The monoisotopic (exact) mass is 451 g/mol. The topological polar surface area (TPSA) is 103 Å². The molecule has 1 atom stereocenters. The molecule has 1 aliphatic heterocycles. The van der Waals surface area contributed by atoms with Gasteiger partial charge in [0.2, 0.25) is 0 Å². The van der Waals surface area contributed by atoms with Gasteiger partial charge < -0.3 is 24.2 Å².